The standard InChI is InChI=1S/C14H12FN3O3/c15-13-7-2-1-4-10(13)9-16-14(19)17-11-5-3-6-12(8-11)18(20)21/h1-8H,9H2,(H2,16,17,19). The van der Waals surface area contributed by atoms with Gasteiger partial charge in [0.2, 0.25) is 0 Å². The molecule has 0 heterocycles. The Morgan fingerprint density at radius 3 is 2.67 bits per heavy atom. The van der Waals surface area contributed by atoms with E-state index in [0.29, 0.717) is 5.56 Å². The van der Waals surface area contributed by atoms with Crippen LogP contribution in [0.1, 0.15) is 5.56 Å². The fraction of sp³-hybridized carbons (Fsp3) is 0.0714. The number of nitro groups is 1. The number of nitro benzene ring substituents is 1. The van der Waals surface area contributed by atoms with E-state index in [1.807, 2.05) is 0 Å². The van der Waals surface area contributed by atoms with Crippen LogP contribution in [0, 0.1) is 15.9 Å². The Balaban J connectivity index is 1.95. The normalized spacial score (nSPS) is 9.95. The summed E-state index contributed by atoms with van der Waals surface area (Å²) in [4.78, 5) is 21.7. The summed E-state index contributed by atoms with van der Waals surface area (Å²) in [6.07, 6.45) is 0. The number of nitrogens with zero attached hydrogens (tertiary/aromatic N) is 1. The van der Waals surface area contributed by atoms with Crippen molar-refractivity contribution in [3.8, 4) is 0 Å². The summed E-state index contributed by atoms with van der Waals surface area (Å²) in [6.45, 7) is 0.0213. The number of amides is 2. The van der Waals surface area contributed by atoms with E-state index in [-0.39, 0.29) is 17.9 Å². The molecule has 0 fully saturated rings. The molecule has 0 aromatic heterocycles. The van der Waals surface area contributed by atoms with Gasteiger partial charge in [-0.15, -0.1) is 0 Å². The molecule has 2 aromatic rings. The van der Waals surface area contributed by atoms with Gasteiger partial charge < -0.3 is 10.6 Å². The number of anilines is 1. The first-order chi connectivity index (χ1) is 10.1. The van der Waals surface area contributed by atoms with Crippen molar-refractivity contribution >= 4 is 17.4 Å². The smallest absolute Gasteiger partial charge is 0.319 e. The van der Waals surface area contributed by atoms with Crippen molar-refractivity contribution in [3.63, 3.8) is 0 Å². The average Bonchev–Trinajstić information content (AvgIpc) is 2.46. The monoisotopic (exact) mass is 289 g/mol. The number of rotatable bonds is 4. The second kappa shape index (κ2) is 6.47. The summed E-state index contributed by atoms with van der Waals surface area (Å²) in [7, 11) is 0. The van der Waals surface area contributed by atoms with Crippen LogP contribution in [0.2, 0.25) is 0 Å². The fourth-order valence-corrected chi connectivity index (χ4v) is 1.69. The molecule has 2 N–H and O–H groups in total. The Kier molecular flexibility index (Phi) is 4.45. The minimum atomic E-state index is -0.571. The van der Waals surface area contributed by atoms with Gasteiger partial charge in [-0.2, -0.15) is 0 Å². The third-order valence-electron chi connectivity index (χ3n) is 2.71. The summed E-state index contributed by atoms with van der Waals surface area (Å²) in [6, 6.07) is 11.1. The Morgan fingerprint density at radius 1 is 1.19 bits per heavy atom. The van der Waals surface area contributed by atoms with E-state index in [1.54, 1.807) is 18.2 Å². The summed E-state index contributed by atoms with van der Waals surface area (Å²) < 4.78 is 13.4. The SMILES string of the molecule is O=C(NCc1ccccc1F)Nc1cccc([N+](=O)[O-])c1. The first kappa shape index (κ1) is 14.4. The van der Waals surface area contributed by atoms with Crippen LogP contribution < -0.4 is 10.6 Å². The average molecular weight is 289 g/mol. The van der Waals surface area contributed by atoms with Crippen molar-refractivity contribution in [3.05, 3.63) is 70.0 Å². The zero-order valence-electron chi connectivity index (χ0n) is 10.9. The molecule has 2 amide bonds. The number of urea groups is 1. The minimum Gasteiger partial charge on any atom is -0.334 e. The topological polar surface area (TPSA) is 84.3 Å². The van der Waals surface area contributed by atoms with E-state index in [2.05, 4.69) is 10.6 Å². The third kappa shape index (κ3) is 4.00. The number of nitrogens with one attached hydrogen (secondary N) is 2. The molecule has 2 aromatic carbocycles. The van der Waals surface area contributed by atoms with Gasteiger partial charge in [-0.3, -0.25) is 10.1 Å². The summed E-state index contributed by atoms with van der Waals surface area (Å²) in [5.74, 6) is -0.409. The number of non-ortho nitro benzene ring substituents is 1. The second-order valence-corrected chi connectivity index (χ2v) is 4.21. The molecule has 0 unspecified atom stereocenters. The van der Waals surface area contributed by atoms with Gasteiger partial charge in [-0.25, -0.2) is 9.18 Å². The zero-order chi connectivity index (χ0) is 15.2. The Labute approximate surface area is 119 Å². The molecule has 0 aliphatic rings. The quantitative estimate of drug-likeness (QED) is 0.670. The van der Waals surface area contributed by atoms with E-state index < -0.39 is 16.8 Å². The molecule has 0 aliphatic carbocycles. The molecule has 2 rings (SSSR count). The molecule has 0 radical (unpaired) electrons. The predicted molar refractivity (Wildman–Crippen MR) is 75.4 cm³/mol. The van der Waals surface area contributed by atoms with Gasteiger partial charge >= 0.3 is 6.03 Å². The molecule has 0 aliphatic heterocycles. The molecular weight excluding hydrogens is 277 g/mol. The van der Waals surface area contributed by atoms with Crippen LogP contribution in [0.3, 0.4) is 0 Å². The van der Waals surface area contributed by atoms with E-state index >= 15 is 0 Å². The maximum atomic E-state index is 13.4. The number of hydrogen-bond donors (Lipinski definition) is 2. The lowest BCUT2D eigenvalue weighted by Gasteiger charge is -2.08. The molecule has 0 saturated heterocycles. The van der Waals surface area contributed by atoms with Crippen molar-refractivity contribution in [2.45, 2.75) is 6.54 Å². The van der Waals surface area contributed by atoms with Crippen LogP contribution in [0.25, 0.3) is 0 Å². The second-order valence-electron chi connectivity index (χ2n) is 4.21. The van der Waals surface area contributed by atoms with Gasteiger partial charge in [0.25, 0.3) is 5.69 Å². The molecule has 0 spiro atoms. The van der Waals surface area contributed by atoms with Crippen molar-refractivity contribution in [1.82, 2.24) is 5.32 Å². The van der Waals surface area contributed by atoms with Gasteiger partial charge in [0, 0.05) is 29.9 Å². The largest absolute Gasteiger partial charge is 0.334 e. The highest BCUT2D eigenvalue weighted by Crippen LogP contribution is 2.16. The van der Waals surface area contributed by atoms with E-state index in [0.717, 1.165) is 0 Å². The maximum Gasteiger partial charge on any atom is 0.319 e. The zero-order valence-corrected chi connectivity index (χ0v) is 10.9. The van der Waals surface area contributed by atoms with E-state index in [1.165, 1.54) is 30.3 Å². The lowest BCUT2D eigenvalue weighted by Crippen LogP contribution is -2.28. The van der Waals surface area contributed by atoms with Crippen LogP contribution in [0.15, 0.2) is 48.5 Å². The molecule has 0 saturated carbocycles. The lowest BCUT2D eigenvalue weighted by molar-refractivity contribution is -0.384. The van der Waals surface area contributed by atoms with Crippen molar-refractivity contribution in [1.29, 1.82) is 0 Å². The highest BCUT2D eigenvalue weighted by molar-refractivity contribution is 5.89. The molecular formula is C14H12FN3O3. The van der Waals surface area contributed by atoms with Gasteiger partial charge in [-0.1, -0.05) is 24.3 Å². The summed E-state index contributed by atoms with van der Waals surface area (Å²) in [5, 5.41) is 15.5. The van der Waals surface area contributed by atoms with Crippen LogP contribution >= 0.6 is 0 Å². The van der Waals surface area contributed by atoms with E-state index in [9.17, 15) is 19.3 Å². The molecule has 0 atom stereocenters. The van der Waals surface area contributed by atoms with Crippen LogP contribution in [-0.4, -0.2) is 11.0 Å². The maximum absolute atomic E-state index is 13.4. The van der Waals surface area contributed by atoms with Crippen LogP contribution in [0.5, 0.6) is 0 Å². The summed E-state index contributed by atoms with van der Waals surface area (Å²) in [5.41, 5.74) is 0.517. The first-order valence-electron chi connectivity index (χ1n) is 6.09. The third-order valence-corrected chi connectivity index (χ3v) is 2.71. The molecule has 21 heavy (non-hydrogen) atoms. The molecule has 6 nitrogen and oxygen atoms in total. The van der Waals surface area contributed by atoms with Gasteiger partial charge in [0.05, 0.1) is 4.92 Å². The number of benzene rings is 2. The van der Waals surface area contributed by atoms with Crippen LogP contribution in [0.4, 0.5) is 20.6 Å². The van der Waals surface area contributed by atoms with Crippen molar-refractivity contribution < 1.29 is 14.1 Å². The highest BCUT2D eigenvalue weighted by atomic mass is 19.1. The Bertz CT molecular complexity index is 676. The van der Waals surface area contributed by atoms with Gasteiger partial charge in [-0.05, 0) is 12.1 Å². The Morgan fingerprint density at radius 2 is 1.95 bits per heavy atom. The van der Waals surface area contributed by atoms with Crippen molar-refractivity contribution in [2.75, 3.05) is 5.32 Å². The number of hydrogen-bond acceptors (Lipinski definition) is 3. The minimum absolute atomic E-state index is 0.0213. The number of halogens is 1. The van der Waals surface area contributed by atoms with Gasteiger partial charge in [0.1, 0.15) is 5.82 Å². The highest BCUT2D eigenvalue weighted by Gasteiger charge is 2.08. The van der Waals surface area contributed by atoms with E-state index in [4.69, 9.17) is 0 Å². The Hall–Kier alpha value is -2.96. The predicted octanol–water partition coefficient (Wildman–Crippen LogP) is 3.06. The first-order valence-corrected chi connectivity index (χ1v) is 6.09. The molecule has 108 valence electrons. The summed E-state index contributed by atoms with van der Waals surface area (Å²) >= 11 is 0. The van der Waals surface area contributed by atoms with Crippen LogP contribution in [-0.2, 0) is 6.54 Å². The molecule has 0 bridgehead atoms. The number of carbonyl (C=O) groups excluding carboxylic acids is 1. The fourth-order valence-electron chi connectivity index (χ4n) is 1.69. The van der Waals surface area contributed by atoms with Gasteiger partial charge in [0.15, 0.2) is 0 Å². The van der Waals surface area contributed by atoms with Crippen molar-refractivity contribution in [2.24, 2.45) is 0 Å². The molecule has 7 heteroatoms. The number of carbonyl (C=O) groups is 1. The lowest BCUT2D eigenvalue weighted by atomic mass is 10.2.